The fourth-order valence-electron chi connectivity index (χ4n) is 4.40. The van der Waals surface area contributed by atoms with E-state index in [1.54, 1.807) is 0 Å². The predicted octanol–water partition coefficient (Wildman–Crippen LogP) is 6.46. The smallest absolute Gasteiger partial charge is 0.267 e. The minimum atomic E-state index is -0.200. The molecule has 0 saturated heterocycles. The second-order valence-corrected chi connectivity index (χ2v) is 9.54. The number of nitrogens with zero attached hydrogens (tertiary/aromatic N) is 2. The van der Waals surface area contributed by atoms with Gasteiger partial charge in [-0.25, -0.2) is 4.98 Å². The van der Waals surface area contributed by atoms with Crippen LogP contribution in [-0.4, -0.2) is 15.5 Å². The molecule has 5 rings (SSSR count). The van der Waals surface area contributed by atoms with E-state index < -0.39 is 0 Å². The number of fused-ring (bicyclic) bond motifs is 4. The number of hydrogen-bond acceptors (Lipinski definition) is 4. The Balaban J connectivity index is 1.50. The zero-order valence-electron chi connectivity index (χ0n) is 18.5. The van der Waals surface area contributed by atoms with Crippen LogP contribution in [0.15, 0.2) is 54.6 Å². The monoisotopic (exact) mass is 442 g/mol. The van der Waals surface area contributed by atoms with Gasteiger partial charge in [-0.15, -0.1) is 11.3 Å². The van der Waals surface area contributed by atoms with Gasteiger partial charge in [-0.3, -0.25) is 4.79 Å². The molecule has 0 saturated carbocycles. The molecule has 0 radical (unpaired) electrons. The average Bonchev–Trinajstić information content (AvgIpc) is 3.27. The van der Waals surface area contributed by atoms with Gasteiger partial charge in [0.15, 0.2) is 0 Å². The predicted molar refractivity (Wildman–Crippen MR) is 136 cm³/mol. The van der Waals surface area contributed by atoms with Crippen LogP contribution in [0.25, 0.3) is 32.0 Å². The molecule has 0 atom stereocenters. The minimum absolute atomic E-state index is 0.200. The third kappa shape index (κ3) is 3.41. The molecule has 0 aliphatic carbocycles. The molecule has 3 N–H and O–H groups in total. The Morgan fingerprint density at radius 3 is 2.62 bits per heavy atom. The Labute approximate surface area is 190 Å². The van der Waals surface area contributed by atoms with Crippen LogP contribution in [0.4, 0.5) is 11.4 Å². The van der Waals surface area contributed by atoms with Crippen LogP contribution in [0.3, 0.4) is 0 Å². The number of thiophene rings is 1. The van der Waals surface area contributed by atoms with E-state index in [9.17, 15) is 4.79 Å². The summed E-state index contributed by atoms with van der Waals surface area (Å²) in [5.41, 5.74) is 11.0. The normalized spacial score (nSPS) is 11.8. The summed E-state index contributed by atoms with van der Waals surface area (Å²) in [5, 5.41) is 6.20. The molecule has 6 heteroatoms. The van der Waals surface area contributed by atoms with E-state index in [4.69, 9.17) is 10.7 Å². The molecule has 2 aromatic carbocycles. The number of rotatable bonds is 5. The van der Waals surface area contributed by atoms with Crippen LogP contribution in [0.5, 0.6) is 0 Å². The fraction of sp³-hybridized carbons (Fsp3) is 0.231. The van der Waals surface area contributed by atoms with Gasteiger partial charge in [0.05, 0.1) is 5.69 Å². The minimum Gasteiger partial charge on any atom is -0.397 e. The lowest BCUT2D eigenvalue weighted by molar-refractivity contribution is 0.103. The highest BCUT2D eigenvalue weighted by Gasteiger charge is 2.19. The van der Waals surface area contributed by atoms with E-state index >= 15 is 0 Å². The molecule has 0 unspecified atom stereocenters. The van der Waals surface area contributed by atoms with Crippen molar-refractivity contribution in [2.24, 2.45) is 5.92 Å². The number of anilines is 2. The average molecular weight is 443 g/mol. The van der Waals surface area contributed by atoms with Crippen molar-refractivity contribution in [2.75, 3.05) is 11.1 Å². The first kappa shape index (κ1) is 20.5. The molecule has 3 heterocycles. The quantitative estimate of drug-likeness (QED) is 0.328. The van der Waals surface area contributed by atoms with E-state index in [2.05, 4.69) is 54.9 Å². The van der Waals surface area contributed by atoms with Crippen molar-refractivity contribution in [1.29, 1.82) is 0 Å². The third-order valence-electron chi connectivity index (χ3n) is 5.82. The molecular weight excluding hydrogens is 416 g/mol. The van der Waals surface area contributed by atoms with Crippen molar-refractivity contribution in [3.63, 3.8) is 0 Å². The summed E-state index contributed by atoms with van der Waals surface area (Å²) in [6, 6.07) is 18.4. The Bertz CT molecular complexity index is 1480. The highest BCUT2D eigenvalue weighted by molar-refractivity contribution is 7.21. The molecule has 3 aromatic heterocycles. The molecule has 0 aliphatic rings. The summed E-state index contributed by atoms with van der Waals surface area (Å²) in [7, 11) is 0. The van der Waals surface area contributed by atoms with Crippen molar-refractivity contribution in [3.8, 4) is 0 Å². The lowest BCUT2D eigenvalue weighted by Crippen LogP contribution is -2.11. The van der Waals surface area contributed by atoms with E-state index in [0.717, 1.165) is 45.5 Å². The largest absolute Gasteiger partial charge is 0.397 e. The van der Waals surface area contributed by atoms with Crippen molar-refractivity contribution < 1.29 is 4.79 Å². The van der Waals surface area contributed by atoms with Crippen molar-refractivity contribution in [3.05, 3.63) is 65.2 Å². The molecule has 0 spiro atoms. The molecule has 0 fully saturated rings. The Morgan fingerprint density at radius 2 is 1.84 bits per heavy atom. The van der Waals surface area contributed by atoms with Crippen molar-refractivity contribution >= 4 is 60.6 Å². The number of nitrogen functional groups attached to an aromatic ring is 1. The van der Waals surface area contributed by atoms with Gasteiger partial charge in [-0.2, -0.15) is 0 Å². The zero-order chi connectivity index (χ0) is 22.4. The summed E-state index contributed by atoms with van der Waals surface area (Å²) in [4.78, 5) is 19.2. The number of amides is 1. The Kier molecular flexibility index (Phi) is 5.10. The molecule has 5 nitrogen and oxygen atoms in total. The summed E-state index contributed by atoms with van der Waals surface area (Å²) < 4.78 is 2.29. The molecule has 0 aliphatic heterocycles. The van der Waals surface area contributed by atoms with Gasteiger partial charge < -0.3 is 15.6 Å². The standard InChI is InChI=1S/C26H26N4OS/c1-4-30-21-8-6-5-7-18(21)20-14-17(10-12-22(20)30)28-25(31)24-23(27)19-11-9-16(13-15(2)3)29-26(19)32-24/h5-12,14-15H,4,13,27H2,1-3H3,(H,28,31). The van der Waals surface area contributed by atoms with Crippen LogP contribution < -0.4 is 11.1 Å². The van der Waals surface area contributed by atoms with E-state index in [1.165, 1.54) is 22.2 Å². The molecule has 0 bridgehead atoms. The van der Waals surface area contributed by atoms with Crippen LogP contribution >= 0.6 is 11.3 Å². The maximum Gasteiger partial charge on any atom is 0.267 e. The number of pyridine rings is 1. The SMILES string of the molecule is CCn1c2ccccc2c2cc(NC(=O)c3sc4nc(CC(C)C)ccc4c3N)ccc21. The number of aromatic nitrogens is 2. The van der Waals surface area contributed by atoms with Gasteiger partial charge in [-0.1, -0.05) is 32.0 Å². The van der Waals surface area contributed by atoms with Gasteiger partial charge in [-0.05, 0) is 55.7 Å². The molecule has 5 aromatic rings. The lowest BCUT2D eigenvalue weighted by Gasteiger charge is -2.06. The second kappa shape index (κ2) is 7.95. The summed E-state index contributed by atoms with van der Waals surface area (Å²) in [5.74, 6) is 0.322. The first-order valence-corrected chi connectivity index (χ1v) is 11.8. The summed E-state index contributed by atoms with van der Waals surface area (Å²) in [6.07, 6.45) is 0.903. The third-order valence-corrected chi connectivity index (χ3v) is 6.94. The topological polar surface area (TPSA) is 72.9 Å². The fourth-order valence-corrected chi connectivity index (χ4v) is 5.40. The lowest BCUT2D eigenvalue weighted by atomic mass is 10.1. The van der Waals surface area contributed by atoms with Crippen LogP contribution in [0.2, 0.25) is 0 Å². The summed E-state index contributed by atoms with van der Waals surface area (Å²) in [6.45, 7) is 7.37. The number of nitrogens with one attached hydrogen (secondary N) is 1. The van der Waals surface area contributed by atoms with Crippen molar-refractivity contribution in [1.82, 2.24) is 9.55 Å². The van der Waals surface area contributed by atoms with Gasteiger partial charge in [0.25, 0.3) is 5.91 Å². The number of carbonyl (C=O) groups excluding carboxylic acids is 1. The molecule has 1 amide bonds. The number of hydrogen-bond donors (Lipinski definition) is 2. The van der Waals surface area contributed by atoms with Gasteiger partial charge >= 0.3 is 0 Å². The first-order chi connectivity index (χ1) is 15.5. The molecule has 162 valence electrons. The van der Waals surface area contributed by atoms with Gasteiger partial charge in [0.1, 0.15) is 9.71 Å². The zero-order valence-corrected chi connectivity index (χ0v) is 19.3. The Hall–Kier alpha value is -3.38. The first-order valence-electron chi connectivity index (χ1n) is 11.0. The van der Waals surface area contributed by atoms with Crippen molar-refractivity contribution in [2.45, 2.75) is 33.7 Å². The second-order valence-electron chi connectivity index (χ2n) is 8.55. The van der Waals surface area contributed by atoms with Gasteiger partial charge in [0, 0.05) is 45.1 Å². The highest BCUT2D eigenvalue weighted by atomic mass is 32.1. The molecule has 32 heavy (non-hydrogen) atoms. The summed E-state index contributed by atoms with van der Waals surface area (Å²) >= 11 is 1.35. The van der Waals surface area contributed by atoms with E-state index in [-0.39, 0.29) is 5.91 Å². The Morgan fingerprint density at radius 1 is 1.06 bits per heavy atom. The van der Waals surface area contributed by atoms with Gasteiger partial charge in [0.2, 0.25) is 0 Å². The van der Waals surface area contributed by atoms with Crippen LogP contribution in [0.1, 0.15) is 36.1 Å². The number of aryl methyl sites for hydroxylation is 1. The van der Waals surface area contributed by atoms with E-state index in [0.29, 0.717) is 16.5 Å². The molecular formula is C26H26N4OS. The number of carbonyl (C=O) groups is 1. The maximum absolute atomic E-state index is 13.1. The maximum atomic E-state index is 13.1. The van der Waals surface area contributed by atoms with Crippen LogP contribution in [0, 0.1) is 5.92 Å². The number of nitrogens with two attached hydrogens (primary N) is 1. The van der Waals surface area contributed by atoms with E-state index in [1.807, 2.05) is 30.3 Å². The van der Waals surface area contributed by atoms with Crippen LogP contribution in [-0.2, 0) is 13.0 Å². The highest BCUT2D eigenvalue weighted by Crippen LogP contribution is 2.35. The number of benzene rings is 2. The number of para-hydroxylation sites is 1.